The van der Waals surface area contributed by atoms with Crippen molar-refractivity contribution >= 4 is 5.91 Å². The third-order valence-electron chi connectivity index (χ3n) is 4.48. The molecule has 1 amide bonds. The molecule has 0 radical (unpaired) electrons. The summed E-state index contributed by atoms with van der Waals surface area (Å²) < 4.78 is 1.95. The highest BCUT2D eigenvalue weighted by atomic mass is 16.2. The molecule has 2 atom stereocenters. The SMILES string of the molecule is Cc1nnc(CN(C)CC(=O)N2CCCCC2C(C)N)n1C. The maximum Gasteiger partial charge on any atom is 0.237 e. The van der Waals surface area contributed by atoms with Crippen LogP contribution in [0.2, 0.25) is 0 Å². The first-order valence-electron chi connectivity index (χ1n) is 7.98. The van der Waals surface area contributed by atoms with E-state index in [0.717, 1.165) is 37.5 Å². The molecule has 0 bridgehead atoms. The summed E-state index contributed by atoms with van der Waals surface area (Å²) >= 11 is 0. The van der Waals surface area contributed by atoms with Crippen LogP contribution in [0.3, 0.4) is 0 Å². The molecular weight excluding hydrogens is 280 g/mol. The van der Waals surface area contributed by atoms with E-state index in [0.29, 0.717) is 13.1 Å². The van der Waals surface area contributed by atoms with Gasteiger partial charge < -0.3 is 15.2 Å². The molecule has 0 aliphatic carbocycles. The highest BCUT2D eigenvalue weighted by Crippen LogP contribution is 2.19. The van der Waals surface area contributed by atoms with Crippen molar-refractivity contribution in [3.05, 3.63) is 11.6 Å². The molecule has 2 heterocycles. The maximum absolute atomic E-state index is 12.6. The predicted octanol–water partition coefficient (Wildman–Crippen LogP) is 0.284. The summed E-state index contributed by atoms with van der Waals surface area (Å²) in [6, 6.07) is 0.197. The number of rotatable bonds is 5. The summed E-state index contributed by atoms with van der Waals surface area (Å²) in [6.07, 6.45) is 3.24. The van der Waals surface area contributed by atoms with Crippen LogP contribution < -0.4 is 5.73 Å². The van der Waals surface area contributed by atoms with E-state index in [-0.39, 0.29) is 18.0 Å². The second kappa shape index (κ2) is 7.19. The fourth-order valence-electron chi connectivity index (χ4n) is 3.02. The number of hydrogen-bond acceptors (Lipinski definition) is 5. The molecule has 1 aromatic heterocycles. The lowest BCUT2D eigenvalue weighted by Crippen LogP contribution is -2.53. The van der Waals surface area contributed by atoms with Crippen LogP contribution in [0.15, 0.2) is 0 Å². The van der Waals surface area contributed by atoms with Crippen LogP contribution in [0, 0.1) is 6.92 Å². The second-order valence-electron chi connectivity index (χ2n) is 6.40. The number of aryl methyl sites for hydroxylation is 1. The molecule has 0 saturated carbocycles. The van der Waals surface area contributed by atoms with Crippen LogP contribution in [-0.4, -0.2) is 62.7 Å². The molecule has 1 aliphatic rings. The van der Waals surface area contributed by atoms with Gasteiger partial charge in [0.1, 0.15) is 11.6 Å². The smallest absolute Gasteiger partial charge is 0.237 e. The van der Waals surface area contributed by atoms with Gasteiger partial charge in [0, 0.05) is 25.7 Å². The Morgan fingerprint density at radius 3 is 2.77 bits per heavy atom. The molecule has 0 aromatic carbocycles. The Balaban J connectivity index is 1.94. The van der Waals surface area contributed by atoms with Crippen LogP contribution in [0.1, 0.15) is 37.8 Å². The summed E-state index contributed by atoms with van der Waals surface area (Å²) in [5.41, 5.74) is 6.04. The first kappa shape index (κ1) is 16.9. The summed E-state index contributed by atoms with van der Waals surface area (Å²) in [5, 5.41) is 8.19. The highest BCUT2D eigenvalue weighted by Gasteiger charge is 2.29. The van der Waals surface area contributed by atoms with E-state index in [4.69, 9.17) is 5.73 Å². The van der Waals surface area contributed by atoms with Crippen molar-refractivity contribution in [3.8, 4) is 0 Å². The maximum atomic E-state index is 12.6. The Bertz CT molecular complexity index is 512. The number of likely N-dealkylation sites (tertiary alicyclic amines) is 1. The zero-order valence-corrected chi connectivity index (χ0v) is 14.1. The van der Waals surface area contributed by atoms with Crippen molar-refractivity contribution in [2.75, 3.05) is 20.1 Å². The van der Waals surface area contributed by atoms with Crippen LogP contribution in [0.4, 0.5) is 0 Å². The largest absolute Gasteiger partial charge is 0.337 e. The zero-order valence-electron chi connectivity index (χ0n) is 14.1. The number of piperidine rings is 1. The number of nitrogens with zero attached hydrogens (tertiary/aromatic N) is 5. The number of aromatic nitrogens is 3. The third-order valence-corrected chi connectivity index (χ3v) is 4.48. The summed E-state index contributed by atoms with van der Waals surface area (Å²) in [4.78, 5) is 16.5. The highest BCUT2D eigenvalue weighted by molar-refractivity contribution is 5.78. The van der Waals surface area contributed by atoms with Crippen LogP contribution in [-0.2, 0) is 18.4 Å². The molecule has 1 saturated heterocycles. The van der Waals surface area contributed by atoms with E-state index in [1.54, 1.807) is 0 Å². The number of nitrogens with two attached hydrogens (primary N) is 1. The third kappa shape index (κ3) is 3.84. The molecule has 22 heavy (non-hydrogen) atoms. The predicted molar refractivity (Wildman–Crippen MR) is 85.1 cm³/mol. The number of carbonyl (C=O) groups excluding carboxylic acids is 1. The van der Waals surface area contributed by atoms with E-state index in [1.807, 2.05) is 42.3 Å². The van der Waals surface area contributed by atoms with Gasteiger partial charge in [-0.3, -0.25) is 9.69 Å². The lowest BCUT2D eigenvalue weighted by molar-refractivity contribution is -0.136. The molecule has 2 rings (SSSR count). The molecule has 0 spiro atoms. The van der Waals surface area contributed by atoms with Gasteiger partial charge in [0.15, 0.2) is 0 Å². The quantitative estimate of drug-likeness (QED) is 0.845. The molecule has 2 unspecified atom stereocenters. The molecule has 1 fully saturated rings. The molecule has 124 valence electrons. The van der Waals surface area contributed by atoms with Gasteiger partial charge in [-0.25, -0.2) is 0 Å². The second-order valence-corrected chi connectivity index (χ2v) is 6.40. The normalized spacial score (nSPS) is 20.5. The fraction of sp³-hybridized carbons (Fsp3) is 0.800. The Hall–Kier alpha value is -1.47. The van der Waals surface area contributed by atoms with E-state index in [1.165, 1.54) is 0 Å². The van der Waals surface area contributed by atoms with Crippen LogP contribution >= 0.6 is 0 Å². The molecule has 7 heteroatoms. The first-order chi connectivity index (χ1) is 10.4. The lowest BCUT2D eigenvalue weighted by atomic mass is 9.97. The molecule has 1 aromatic rings. The van der Waals surface area contributed by atoms with E-state index in [9.17, 15) is 4.79 Å². The number of likely N-dealkylation sites (N-methyl/N-ethyl adjacent to an activating group) is 1. The van der Waals surface area contributed by atoms with Crippen molar-refractivity contribution in [1.29, 1.82) is 0 Å². The number of amides is 1. The Kier molecular flexibility index (Phi) is 5.52. The van der Waals surface area contributed by atoms with Gasteiger partial charge in [-0.2, -0.15) is 0 Å². The van der Waals surface area contributed by atoms with Gasteiger partial charge in [-0.1, -0.05) is 0 Å². The van der Waals surface area contributed by atoms with Gasteiger partial charge in [0.25, 0.3) is 0 Å². The monoisotopic (exact) mass is 308 g/mol. The molecule has 7 nitrogen and oxygen atoms in total. The van der Waals surface area contributed by atoms with Crippen molar-refractivity contribution < 1.29 is 4.79 Å². The summed E-state index contributed by atoms with van der Waals surface area (Å²) in [7, 11) is 3.88. The van der Waals surface area contributed by atoms with Gasteiger partial charge >= 0.3 is 0 Å². The van der Waals surface area contributed by atoms with E-state index < -0.39 is 0 Å². The van der Waals surface area contributed by atoms with E-state index >= 15 is 0 Å². The van der Waals surface area contributed by atoms with Crippen LogP contribution in [0.5, 0.6) is 0 Å². The minimum atomic E-state index is 0.0240. The van der Waals surface area contributed by atoms with Gasteiger partial charge in [-0.05, 0) is 40.2 Å². The Labute approximate surface area is 132 Å². The molecular formula is C15H28N6O. The summed E-state index contributed by atoms with van der Waals surface area (Å²) in [5.74, 6) is 1.90. The molecule has 2 N–H and O–H groups in total. The van der Waals surface area contributed by atoms with Crippen LogP contribution in [0.25, 0.3) is 0 Å². The fourth-order valence-corrected chi connectivity index (χ4v) is 3.02. The molecule has 1 aliphatic heterocycles. The number of carbonyl (C=O) groups is 1. The Morgan fingerprint density at radius 2 is 2.18 bits per heavy atom. The van der Waals surface area contributed by atoms with Crippen molar-refractivity contribution in [1.82, 2.24) is 24.6 Å². The topological polar surface area (TPSA) is 80.3 Å². The van der Waals surface area contributed by atoms with Crippen molar-refractivity contribution in [3.63, 3.8) is 0 Å². The minimum Gasteiger partial charge on any atom is -0.337 e. The average molecular weight is 308 g/mol. The van der Waals surface area contributed by atoms with Gasteiger partial charge in [-0.15, -0.1) is 10.2 Å². The lowest BCUT2D eigenvalue weighted by Gasteiger charge is -2.38. The van der Waals surface area contributed by atoms with Crippen molar-refractivity contribution in [2.45, 2.75) is 51.7 Å². The summed E-state index contributed by atoms with van der Waals surface area (Å²) in [6.45, 7) is 5.72. The van der Waals surface area contributed by atoms with Gasteiger partial charge in [0.05, 0.1) is 13.1 Å². The van der Waals surface area contributed by atoms with E-state index in [2.05, 4.69) is 10.2 Å². The first-order valence-corrected chi connectivity index (χ1v) is 7.98. The standard InChI is InChI=1S/C15H28N6O/c1-11(16)13-7-5-6-8-21(13)15(22)10-19(3)9-14-18-17-12(2)20(14)4/h11,13H,5-10,16H2,1-4H3. The minimum absolute atomic E-state index is 0.0240. The van der Waals surface area contributed by atoms with Gasteiger partial charge in [0.2, 0.25) is 5.91 Å². The Morgan fingerprint density at radius 1 is 1.45 bits per heavy atom. The van der Waals surface area contributed by atoms with Crippen molar-refractivity contribution in [2.24, 2.45) is 12.8 Å². The number of hydrogen-bond donors (Lipinski definition) is 1. The zero-order chi connectivity index (χ0) is 16.3. The average Bonchev–Trinajstić information content (AvgIpc) is 2.79.